The van der Waals surface area contributed by atoms with E-state index in [0.717, 1.165) is 12.8 Å². The molecule has 3 rings (SSSR count). The van der Waals surface area contributed by atoms with E-state index in [4.69, 9.17) is 9.47 Å². The quantitative estimate of drug-likeness (QED) is 0.756. The molecule has 6 nitrogen and oxygen atoms in total. The van der Waals surface area contributed by atoms with Gasteiger partial charge in [0, 0.05) is 5.92 Å². The first-order valence-corrected chi connectivity index (χ1v) is 6.36. The fourth-order valence-corrected chi connectivity index (χ4v) is 1.86. The monoisotopic (exact) mass is 261 g/mol. The summed E-state index contributed by atoms with van der Waals surface area (Å²) in [4.78, 5) is 11.7. The fourth-order valence-electron chi connectivity index (χ4n) is 1.86. The molecule has 1 amide bonds. The van der Waals surface area contributed by atoms with Gasteiger partial charge in [-0.25, -0.2) is 0 Å². The van der Waals surface area contributed by atoms with E-state index in [1.54, 1.807) is 12.4 Å². The van der Waals surface area contributed by atoms with Gasteiger partial charge in [0.25, 0.3) is 5.91 Å². The highest BCUT2D eigenvalue weighted by molar-refractivity contribution is 5.93. The van der Waals surface area contributed by atoms with Gasteiger partial charge in [0.2, 0.25) is 0 Å². The summed E-state index contributed by atoms with van der Waals surface area (Å²) < 4.78 is 11.0. The zero-order valence-electron chi connectivity index (χ0n) is 10.4. The molecule has 2 fully saturated rings. The molecule has 0 radical (unpaired) electrons. The first-order valence-electron chi connectivity index (χ1n) is 6.36. The third-order valence-corrected chi connectivity index (χ3v) is 3.07. The van der Waals surface area contributed by atoms with Crippen LogP contribution < -0.4 is 10.1 Å². The highest BCUT2D eigenvalue weighted by Gasteiger charge is 2.31. The Balaban J connectivity index is 1.54. The molecule has 2 N–H and O–H groups in total. The highest BCUT2D eigenvalue weighted by Crippen LogP contribution is 2.27. The maximum Gasteiger partial charge on any atom is 0.296 e. The predicted octanol–water partition coefficient (Wildman–Crippen LogP) is 0.0855. The van der Waals surface area contributed by atoms with Gasteiger partial charge in [-0.2, -0.15) is 5.10 Å². The average molecular weight is 261 g/mol. The second-order valence-electron chi connectivity index (χ2n) is 4.75. The Morgan fingerprint density at radius 2 is 2.42 bits per heavy atom. The van der Waals surface area contributed by atoms with Crippen LogP contribution in [0.3, 0.4) is 0 Å². The zero-order valence-corrected chi connectivity index (χ0v) is 10.4. The molecule has 0 unspecified atom stereocenters. The molecule has 0 bridgehead atoms. The number of ether oxygens (including phenoxy) is 2. The van der Waals surface area contributed by atoms with Gasteiger partial charge in [-0.15, -0.1) is 0 Å². The summed E-state index contributed by atoms with van der Waals surface area (Å²) in [5.41, 5.74) is 0. The topological polar surface area (TPSA) is 76.2 Å². The molecule has 1 saturated carbocycles. The van der Waals surface area contributed by atoms with Crippen LogP contribution in [0.5, 0.6) is 5.75 Å². The van der Waals surface area contributed by atoms with Crippen molar-refractivity contribution in [1.29, 1.82) is 0 Å². The standard InChI is InChI=1S/C13H15N3O3/c17-13(4-3-9-1-2-9)16-11-7-18-8-12(11)19-10-5-14-15-6-10/h5-6,9,11-12H,1-2,7-8H2,(H,14,15)(H,16,17)/t11-,12+/m0/s1. The summed E-state index contributed by atoms with van der Waals surface area (Å²) in [5.74, 6) is 6.35. The molecule has 19 heavy (non-hydrogen) atoms. The molecular formula is C13H15N3O3. The Morgan fingerprint density at radius 3 is 3.16 bits per heavy atom. The highest BCUT2D eigenvalue weighted by atomic mass is 16.5. The predicted molar refractivity (Wildman–Crippen MR) is 66.3 cm³/mol. The minimum absolute atomic E-state index is 0.170. The number of nitrogens with zero attached hydrogens (tertiary/aromatic N) is 1. The van der Waals surface area contributed by atoms with E-state index >= 15 is 0 Å². The molecule has 1 saturated heterocycles. The van der Waals surface area contributed by atoms with Crippen LogP contribution in [-0.4, -0.2) is 41.5 Å². The van der Waals surface area contributed by atoms with Gasteiger partial charge in [0.05, 0.1) is 31.6 Å². The number of amides is 1. The third-order valence-electron chi connectivity index (χ3n) is 3.07. The summed E-state index contributed by atoms with van der Waals surface area (Å²) in [5, 5.41) is 9.31. The molecule has 2 atom stereocenters. The van der Waals surface area contributed by atoms with Crippen molar-refractivity contribution < 1.29 is 14.3 Å². The Bertz CT molecular complexity index is 499. The normalized spacial score (nSPS) is 25.5. The number of carbonyl (C=O) groups excluding carboxylic acids is 1. The van der Waals surface area contributed by atoms with Gasteiger partial charge in [0.1, 0.15) is 6.10 Å². The largest absolute Gasteiger partial charge is 0.482 e. The van der Waals surface area contributed by atoms with Crippen LogP contribution in [-0.2, 0) is 9.53 Å². The Labute approximate surface area is 110 Å². The van der Waals surface area contributed by atoms with Crippen molar-refractivity contribution in [2.45, 2.75) is 25.0 Å². The SMILES string of the molecule is O=C(C#CC1CC1)N[C@H]1COC[C@H]1Oc1cn[nH]c1. The van der Waals surface area contributed by atoms with Crippen molar-refractivity contribution >= 4 is 5.91 Å². The van der Waals surface area contributed by atoms with Crippen LogP contribution in [0.2, 0.25) is 0 Å². The van der Waals surface area contributed by atoms with Crippen molar-refractivity contribution in [2.24, 2.45) is 5.92 Å². The second kappa shape index (κ2) is 5.33. The van der Waals surface area contributed by atoms with Gasteiger partial charge >= 0.3 is 0 Å². The number of nitrogens with one attached hydrogen (secondary N) is 2. The number of aromatic nitrogens is 2. The lowest BCUT2D eigenvalue weighted by atomic mass is 10.2. The molecular weight excluding hydrogens is 246 g/mol. The van der Waals surface area contributed by atoms with Gasteiger partial charge in [0.15, 0.2) is 5.75 Å². The summed E-state index contributed by atoms with van der Waals surface area (Å²) in [7, 11) is 0. The Hall–Kier alpha value is -2.00. The van der Waals surface area contributed by atoms with E-state index in [-0.39, 0.29) is 18.1 Å². The van der Waals surface area contributed by atoms with Crippen molar-refractivity contribution in [1.82, 2.24) is 15.5 Å². The van der Waals surface area contributed by atoms with E-state index in [1.165, 1.54) is 0 Å². The van der Waals surface area contributed by atoms with Crippen molar-refractivity contribution in [3.8, 4) is 17.6 Å². The number of hydrogen-bond donors (Lipinski definition) is 2. The summed E-state index contributed by atoms with van der Waals surface area (Å²) in [6.07, 6.45) is 5.26. The molecule has 2 aliphatic rings. The molecule has 1 aliphatic heterocycles. The maximum absolute atomic E-state index is 11.7. The second-order valence-corrected chi connectivity index (χ2v) is 4.75. The fraction of sp³-hybridized carbons (Fsp3) is 0.538. The van der Waals surface area contributed by atoms with Crippen molar-refractivity contribution in [2.75, 3.05) is 13.2 Å². The van der Waals surface area contributed by atoms with Crippen LogP contribution in [0.1, 0.15) is 12.8 Å². The molecule has 1 aliphatic carbocycles. The van der Waals surface area contributed by atoms with Crippen LogP contribution in [0.25, 0.3) is 0 Å². The molecule has 0 aromatic carbocycles. The molecule has 1 aromatic rings. The van der Waals surface area contributed by atoms with Gasteiger partial charge < -0.3 is 14.8 Å². The van der Waals surface area contributed by atoms with Gasteiger partial charge in [-0.1, -0.05) is 5.92 Å². The van der Waals surface area contributed by atoms with Crippen LogP contribution in [0, 0.1) is 17.8 Å². The number of H-pyrrole nitrogens is 1. The van der Waals surface area contributed by atoms with Gasteiger partial charge in [-0.3, -0.25) is 9.89 Å². The maximum atomic E-state index is 11.7. The first kappa shape index (κ1) is 12.1. The van der Waals surface area contributed by atoms with Crippen LogP contribution >= 0.6 is 0 Å². The van der Waals surface area contributed by atoms with Crippen LogP contribution in [0.15, 0.2) is 12.4 Å². The minimum atomic E-state index is -0.261. The number of hydrogen-bond acceptors (Lipinski definition) is 4. The first-order chi connectivity index (χ1) is 9.31. The lowest BCUT2D eigenvalue weighted by Gasteiger charge is -2.18. The minimum Gasteiger partial charge on any atom is -0.482 e. The van der Waals surface area contributed by atoms with Crippen LogP contribution in [0.4, 0.5) is 0 Å². The third kappa shape index (κ3) is 3.26. The number of carbonyl (C=O) groups is 1. The van der Waals surface area contributed by atoms with E-state index < -0.39 is 0 Å². The van der Waals surface area contributed by atoms with Gasteiger partial charge in [-0.05, 0) is 18.8 Å². The summed E-state index contributed by atoms with van der Waals surface area (Å²) in [6.45, 7) is 0.894. The van der Waals surface area contributed by atoms with E-state index in [2.05, 4.69) is 27.4 Å². The molecule has 1 aromatic heterocycles. The molecule has 6 heteroatoms. The smallest absolute Gasteiger partial charge is 0.296 e. The lowest BCUT2D eigenvalue weighted by Crippen LogP contribution is -2.44. The van der Waals surface area contributed by atoms with E-state index in [9.17, 15) is 4.79 Å². The lowest BCUT2D eigenvalue weighted by molar-refractivity contribution is -0.116. The number of aromatic amines is 1. The molecule has 100 valence electrons. The zero-order chi connectivity index (χ0) is 13.1. The average Bonchev–Trinajstić information content (AvgIpc) is 2.91. The Morgan fingerprint density at radius 1 is 1.53 bits per heavy atom. The van der Waals surface area contributed by atoms with Crippen molar-refractivity contribution in [3.63, 3.8) is 0 Å². The molecule has 0 spiro atoms. The Kier molecular flexibility index (Phi) is 3.38. The number of rotatable bonds is 3. The summed E-state index contributed by atoms with van der Waals surface area (Å²) >= 11 is 0. The van der Waals surface area contributed by atoms with E-state index in [1.807, 2.05) is 0 Å². The molecule has 2 heterocycles. The summed E-state index contributed by atoms with van der Waals surface area (Å²) in [6, 6.07) is -0.170. The van der Waals surface area contributed by atoms with Crippen molar-refractivity contribution in [3.05, 3.63) is 12.4 Å². The van der Waals surface area contributed by atoms with E-state index in [0.29, 0.717) is 24.9 Å².